The van der Waals surface area contributed by atoms with Gasteiger partial charge in [0.25, 0.3) is 0 Å². The van der Waals surface area contributed by atoms with Gasteiger partial charge in [-0.1, -0.05) is 0 Å². The number of aryl methyl sites for hydroxylation is 3. The lowest BCUT2D eigenvalue weighted by molar-refractivity contribution is 0.457. The van der Waals surface area contributed by atoms with E-state index in [-0.39, 0.29) is 0 Å². The molecule has 98 valence electrons. The summed E-state index contributed by atoms with van der Waals surface area (Å²) in [4.78, 5) is 0. The van der Waals surface area contributed by atoms with Crippen molar-refractivity contribution >= 4 is 15.9 Å². The van der Waals surface area contributed by atoms with Gasteiger partial charge in [-0.2, -0.15) is 5.10 Å². The Kier molecular flexibility index (Phi) is 4.24. The first-order valence-electron chi connectivity index (χ1n) is 6.09. The zero-order valence-electron chi connectivity index (χ0n) is 11.0. The van der Waals surface area contributed by atoms with Crippen LogP contribution >= 0.6 is 15.9 Å². The summed E-state index contributed by atoms with van der Waals surface area (Å²) in [6, 6.07) is 3.98. The van der Waals surface area contributed by atoms with Crippen LogP contribution in [0.1, 0.15) is 29.8 Å². The smallest absolute Gasteiger partial charge is 0.117 e. The second kappa shape index (κ2) is 5.71. The third-order valence-corrected chi connectivity index (χ3v) is 3.87. The molecule has 2 aromatic rings. The van der Waals surface area contributed by atoms with Gasteiger partial charge in [-0.3, -0.25) is 4.68 Å². The van der Waals surface area contributed by atoms with Gasteiger partial charge in [-0.15, -0.1) is 0 Å². The first-order valence-corrected chi connectivity index (χ1v) is 6.89. The van der Waals surface area contributed by atoms with Crippen LogP contribution in [0.3, 0.4) is 0 Å². The van der Waals surface area contributed by atoms with Gasteiger partial charge in [0.05, 0.1) is 22.4 Å². The molecule has 0 unspecified atom stereocenters. The van der Waals surface area contributed by atoms with Crippen LogP contribution in [-0.2, 0) is 19.6 Å². The van der Waals surface area contributed by atoms with E-state index in [1.165, 1.54) is 5.69 Å². The molecule has 0 saturated heterocycles. The first-order chi connectivity index (χ1) is 8.61. The Morgan fingerprint density at radius 3 is 2.72 bits per heavy atom. The molecule has 0 spiro atoms. The van der Waals surface area contributed by atoms with Gasteiger partial charge < -0.3 is 9.73 Å². The molecule has 0 bridgehead atoms. The molecule has 0 aromatic carbocycles. The molecule has 2 rings (SSSR count). The lowest BCUT2D eigenvalue weighted by Gasteiger charge is -2.06. The topological polar surface area (TPSA) is 43.0 Å². The van der Waals surface area contributed by atoms with Crippen LogP contribution in [-0.4, -0.2) is 9.78 Å². The lowest BCUT2D eigenvalue weighted by atomic mass is 10.3. The number of furan rings is 1. The molecule has 5 heteroatoms. The van der Waals surface area contributed by atoms with Gasteiger partial charge in [0.1, 0.15) is 11.5 Å². The number of nitrogens with one attached hydrogen (secondary N) is 1. The van der Waals surface area contributed by atoms with Gasteiger partial charge in [0.15, 0.2) is 0 Å². The third-order valence-electron chi connectivity index (χ3n) is 2.84. The standard InChI is InChI=1S/C13H18BrN3O/c1-4-17-12(13(14)10(3)16-17)8-15-7-11-6-5-9(2)18-11/h5-6,15H,4,7-8H2,1-3H3. The van der Waals surface area contributed by atoms with E-state index in [1.54, 1.807) is 0 Å². The Hall–Kier alpha value is -1.07. The fourth-order valence-electron chi connectivity index (χ4n) is 1.92. The normalized spacial score (nSPS) is 11.1. The second-order valence-corrected chi connectivity index (χ2v) is 5.07. The van der Waals surface area contributed by atoms with Gasteiger partial charge in [0, 0.05) is 13.1 Å². The van der Waals surface area contributed by atoms with Crippen molar-refractivity contribution in [3.8, 4) is 0 Å². The molecule has 0 saturated carbocycles. The lowest BCUT2D eigenvalue weighted by Crippen LogP contribution is -2.16. The largest absolute Gasteiger partial charge is 0.465 e. The average Bonchev–Trinajstić information content (AvgIpc) is 2.87. The number of aromatic nitrogens is 2. The molecule has 2 aromatic heterocycles. The van der Waals surface area contributed by atoms with Crippen molar-refractivity contribution in [2.75, 3.05) is 0 Å². The summed E-state index contributed by atoms with van der Waals surface area (Å²) >= 11 is 3.59. The minimum atomic E-state index is 0.730. The minimum absolute atomic E-state index is 0.730. The highest BCUT2D eigenvalue weighted by Crippen LogP contribution is 2.20. The van der Waals surface area contributed by atoms with E-state index in [9.17, 15) is 0 Å². The van der Waals surface area contributed by atoms with E-state index >= 15 is 0 Å². The van der Waals surface area contributed by atoms with Gasteiger partial charge in [-0.05, 0) is 48.8 Å². The first kappa shape index (κ1) is 13.4. The summed E-state index contributed by atoms with van der Waals surface area (Å²) in [6.45, 7) is 8.44. The van der Waals surface area contributed by atoms with E-state index in [0.29, 0.717) is 0 Å². The molecule has 0 atom stereocenters. The zero-order valence-corrected chi connectivity index (χ0v) is 12.5. The van der Waals surface area contributed by atoms with Crippen LogP contribution in [0.2, 0.25) is 0 Å². The summed E-state index contributed by atoms with van der Waals surface area (Å²) in [5, 5.41) is 7.84. The third kappa shape index (κ3) is 2.84. The molecule has 4 nitrogen and oxygen atoms in total. The molecule has 0 aliphatic heterocycles. The zero-order chi connectivity index (χ0) is 13.1. The van der Waals surface area contributed by atoms with E-state index in [1.807, 2.05) is 30.7 Å². The Bertz CT molecular complexity index is 530. The number of rotatable bonds is 5. The van der Waals surface area contributed by atoms with Crippen molar-refractivity contribution in [2.24, 2.45) is 0 Å². The number of hydrogen-bond acceptors (Lipinski definition) is 3. The van der Waals surface area contributed by atoms with E-state index < -0.39 is 0 Å². The van der Waals surface area contributed by atoms with Crippen molar-refractivity contribution in [1.29, 1.82) is 0 Å². The van der Waals surface area contributed by atoms with Crippen LogP contribution in [0.15, 0.2) is 21.0 Å². The second-order valence-electron chi connectivity index (χ2n) is 4.28. The predicted molar refractivity (Wildman–Crippen MR) is 74.3 cm³/mol. The van der Waals surface area contributed by atoms with Crippen molar-refractivity contribution < 1.29 is 4.42 Å². The summed E-state index contributed by atoms with van der Waals surface area (Å²) in [5.41, 5.74) is 2.21. The van der Waals surface area contributed by atoms with Gasteiger partial charge in [-0.25, -0.2) is 0 Å². The fraction of sp³-hybridized carbons (Fsp3) is 0.462. The molecule has 18 heavy (non-hydrogen) atoms. The summed E-state index contributed by atoms with van der Waals surface area (Å²) in [7, 11) is 0. The highest BCUT2D eigenvalue weighted by atomic mass is 79.9. The van der Waals surface area contributed by atoms with Crippen LogP contribution in [0.5, 0.6) is 0 Å². The Labute approximate surface area is 115 Å². The monoisotopic (exact) mass is 311 g/mol. The van der Waals surface area contributed by atoms with E-state index in [4.69, 9.17) is 4.42 Å². The highest BCUT2D eigenvalue weighted by molar-refractivity contribution is 9.10. The van der Waals surface area contributed by atoms with Crippen molar-refractivity contribution in [3.05, 3.63) is 39.5 Å². The van der Waals surface area contributed by atoms with Crippen molar-refractivity contribution in [3.63, 3.8) is 0 Å². The van der Waals surface area contributed by atoms with Gasteiger partial charge in [0.2, 0.25) is 0 Å². The highest BCUT2D eigenvalue weighted by Gasteiger charge is 2.11. The maximum atomic E-state index is 5.52. The molecule has 0 fully saturated rings. The SMILES string of the molecule is CCn1nc(C)c(Br)c1CNCc1ccc(C)o1. The molecule has 1 N–H and O–H groups in total. The summed E-state index contributed by atoms with van der Waals surface area (Å²) in [5.74, 6) is 1.91. The minimum Gasteiger partial charge on any atom is -0.465 e. The quantitative estimate of drug-likeness (QED) is 0.922. The van der Waals surface area contributed by atoms with Crippen molar-refractivity contribution in [1.82, 2.24) is 15.1 Å². The Balaban J connectivity index is 1.98. The Morgan fingerprint density at radius 1 is 1.33 bits per heavy atom. The predicted octanol–water partition coefficient (Wildman–Crippen LogP) is 3.17. The van der Waals surface area contributed by atoms with Crippen molar-refractivity contribution in [2.45, 2.75) is 40.4 Å². The van der Waals surface area contributed by atoms with Crippen LogP contribution < -0.4 is 5.32 Å². The van der Waals surface area contributed by atoms with E-state index in [2.05, 4.69) is 33.3 Å². The summed E-state index contributed by atoms with van der Waals surface area (Å²) < 4.78 is 8.62. The maximum Gasteiger partial charge on any atom is 0.117 e. The van der Waals surface area contributed by atoms with Gasteiger partial charge >= 0.3 is 0 Å². The summed E-state index contributed by atoms with van der Waals surface area (Å²) in [6.07, 6.45) is 0. The van der Waals surface area contributed by atoms with Crippen LogP contribution in [0.25, 0.3) is 0 Å². The molecular weight excluding hydrogens is 294 g/mol. The fourth-order valence-corrected chi connectivity index (χ4v) is 2.35. The molecule has 0 radical (unpaired) electrons. The maximum absolute atomic E-state index is 5.52. The molecule has 0 aliphatic carbocycles. The molecule has 0 aliphatic rings. The number of halogens is 1. The van der Waals surface area contributed by atoms with Crippen LogP contribution in [0, 0.1) is 13.8 Å². The van der Waals surface area contributed by atoms with E-state index in [0.717, 1.165) is 41.3 Å². The van der Waals surface area contributed by atoms with Crippen LogP contribution in [0.4, 0.5) is 0 Å². The Morgan fingerprint density at radius 2 is 2.11 bits per heavy atom. The molecule has 2 heterocycles. The average molecular weight is 312 g/mol. The molecule has 0 amide bonds. The number of nitrogens with zero attached hydrogens (tertiary/aromatic N) is 2. The molecular formula is C13H18BrN3O. The number of hydrogen-bond donors (Lipinski definition) is 1.